The average molecular weight is 621 g/mol. The highest BCUT2D eigenvalue weighted by Crippen LogP contribution is 2.23. The number of hydrogen-bond donors (Lipinski definition) is 3. The number of rotatable bonds is 13. The van der Waals surface area contributed by atoms with Crippen LogP contribution in [-0.4, -0.2) is 41.0 Å². The topological polar surface area (TPSA) is 108 Å². The molecule has 10 heteroatoms. The molecule has 222 valence electrons. The van der Waals surface area contributed by atoms with E-state index >= 15 is 0 Å². The minimum atomic E-state index is -0.984. The Kier molecular flexibility index (Phi) is 11.4. The number of carboxylic acid groups (broad SMARTS) is 1. The summed E-state index contributed by atoms with van der Waals surface area (Å²) in [4.78, 5) is 38.1. The molecule has 4 rings (SSSR count). The summed E-state index contributed by atoms with van der Waals surface area (Å²) in [6.45, 7) is 1.16. The Morgan fingerprint density at radius 2 is 1.49 bits per heavy atom. The van der Waals surface area contributed by atoms with E-state index in [1.807, 2.05) is 36.4 Å². The van der Waals surface area contributed by atoms with Crippen LogP contribution in [0.25, 0.3) is 0 Å². The zero-order valence-corrected chi connectivity index (χ0v) is 24.8. The second-order valence-corrected chi connectivity index (χ2v) is 10.6. The maximum atomic E-state index is 13.4. The number of benzene rings is 4. The summed E-state index contributed by atoms with van der Waals surface area (Å²) >= 11 is 12.2. The van der Waals surface area contributed by atoms with E-state index < -0.39 is 5.97 Å². The maximum absolute atomic E-state index is 13.4. The van der Waals surface area contributed by atoms with E-state index in [0.717, 1.165) is 16.7 Å². The van der Waals surface area contributed by atoms with Crippen molar-refractivity contribution in [1.29, 1.82) is 0 Å². The lowest BCUT2D eigenvalue weighted by molar-refractivity contribution is -0.136. The minimum Gasteiger partial charge on any atom is -0.489 e. The van der Waals surface area contributed by atoms with Gasteiger partial charge in [0.15, 0.2) is 0 Å². The highest BCUT2D eigenvalue weighted by molar-refractivity contribution is 6.42. The molecule has 0 spiro atoms. The number of amides is 3. The fourth-order valence-corrected chi connectivity index (χ4v) is 4.48. The molecule has 0 aromatic heterocycles. The molecule has 0 bridgehead atoms. The normalized spacial score (nSPS) is 10.6. The van der Waals surface area contributed by atoms with Crippen molar-refractivity contribution in [3.8, 4) is 5.75 Å². The number of carboxylic acids is 1. The van der Waals surface area contributed by atoms with Gasteiger partial charge in [-0.3, -0.25) is 9.59 Å². The number of nitrogens with zero attached hydrogens (tertiary/aromatic N) is 1. The van der Waals surface area contributed by atoms with Gasteiger partial charge in [0.25, 0.3) is 5.91 Å². The predicted octanol–water partition coefficient (Wildman–Crippen LogP) is 7.05. The minimum absolute atomic E-state index is 0.0404. The molecule has 3 N–H and O–H groups in total. The zero-order valence-electron chi connectivity index (χ0n) is 23.3. The van der Waals surface area contributed by atoms with Gasteiger partial charge in [-0.2, -0.15) is 0 Å². The number of hydrogen-bond acceptors (Lipinski definition) is 4. The van der Waals surface area contributed by atoms with Crippen LogP contribution in [0.4, 0.5) is 10.5 Å². The van der Waals surface area contributed by atoms with Crippen molar-refractivity contribution in [2.24, 2.45) is 0 Å². The lowest BCUT2D eigenvalue weighted by atomic mass is 10.1. The Morgan fingerprint density at radius 3 is 2.16 bits per heavy atom. The molecule has 43 heavy (non-hydrogen) atoms. The van der Waals surface area contributed by atoms with Crippen LogP contribution in [0.3, 0.4) is 0 Å². The summed E-state index contributed by atoms with van der Waals surface area (Å²) in [6.07, 6.45) is 0.386. The lowest BCUT2D eigenvalue weighted by Crippen LogP contribution is -2.36. The van der Waals surface area contributed by atoms with Crippen LogP contribution < -0.4 is 15.4 Å². The molecule has 0 aliphatic rings. The number of urea groups is 1. The van der Waals surface area contributed by atoms with Crippen LogP contribution in [0.5, 0.6) is 5.75 Å². The van der Waals surface area contributed by atoms with Crippen molar-refractivity contribution < 1.29 is 24.2 Å². The summed E-state index contributed by atoms with van der Waals surface area (Å²) in [5, 5.41) is 15.2. The van der Waals surface area contributed by atoms with Crippen LogP contribution in [0.15, 0.2) is 97.1 Å². The highest BCUT2D eigenvalue weighted by atomic mass is 35.5. The van der Waals surface area contributed by atoms with Crippen LogP contribution in [0.2, 0.25) is 10.0 Å². The second-order valence-electron chi connectivity index (χ2n) is 9.75. The molecule has 0 saturated carbocycles. The van der Waals surface area contributed by atoms with Gasteiger partial charge in [-0.15, -0.1) is 0 Å². The Hall–Kier alpha value is -4.53. The van der Waals surface area contributed by atoms with Crippen molar-refractivity contribution in [3.63, 3.8) is 0 Å². The Labute approximate surface area is 260 Å². The second kappa shape index (κ2) is 15.6. The first-order valence-electron chi connectivity index (χ1n) is 13.6. The molecule has 0 fully saturated rings. The van der Waals surface area contributed by atoms with E-state index in [2.05, 4.69) is 10.6 Å². The van der Waals surface area contributed by atoms with Gasteiger partial charge in [-0.25, -0.2) is 4.79 Å². The third kappa shape index (κ3) is 10.1. The zero-order chi connectivity index (χ0) is 30.6. The first kappa shape index (κ1) is 31.4. The molecule has 3 amide bonds. The summed E-state index contributed by atoms with van der Waals surface area (Å²) in [5.74, 6) is -0.661. The number of carbonyl (C=O) groups is 3. The van der Waals surface area contributed by atoms with Gasteiger partial charge in [-0.1, -0.05) is 71.7 Å². The summed E-state index contributed by atoms with van der Waals surface area (Å²) in [7, 11) is 0. The molecule has 0 aliphatic carbocycles. The number of halogens is 2. The van der Waals surface area contributed by atoms with Crippen LogP contribution >= 0.6 is 23.2 Å². The lowest BCUT2D eigenvalue weighted by Gasteiger charge is -2.24. The monoisotopic (exact) mass is 619 g/mol. The molecule has 0 heterocycles. The van der Waals surface area contributed by atoms with Crippen LogP contribution in [0.1, 0.15) is 33.5 Å². The van der Waals surface area contributed by atoms with Gasteiger partial charge in [0, 0.05) is 30.9 Å². The summed E-state index contributed by atoms with van der Waals surface area (Å²) in [5.41, 5.74) is 3.82. The van der Waals surface area contributed by atoms with Crippen molar-refractivity contribution >= 4 is 46.8 Å². The summed E-state index contributed by atoms with van der Waals surface area (Å²) < 4.78 is 5.84. The van der Waals surface area contributed by atoms with Crippen LogP contribution in [-0.2, 0) is 24.4 Å². The van der Waals surface area contributed by atoms with E-state index in [-0.39, 0.29) is 31.4 Å². The van der Waals surface area contributed by atoms with E-state index in [9.17, 15) is 14.4 Å². The number of ether oxygens (including phenoxy) is 1. The smallest absolute Gasteiger partial charge is 0.322 e. The first-order chi connectivity index (χ1) is 20.8. The van der Waals surface area contributed by atoms with Crippen LogP contribution in [0, 0.1) is 0 Å². The van der Waals surface area contributed by atoms with E-state index in [4.69, 9.17) is 33.0 Å². The van der Waals surface area contributed by atoms with Crippen molar-refractivity contribution in [2.45, 2.75) is 26.0 Å². The largest absolute Gasteiger partial charge is 0.489 e. The molecule has 0 saturated heterocycles. The quantitative estimate of drug-likeness (QED) is 0.148. The van der Waals surface area contributed by atoms with Crippen molar-refractivity contribution in [2.75, 3.05) is 18.4 Å². The van der Waals surface area contributed by atoms with Crippen molar-refractivity contribution in [3.05, 3.63) is 129 Å². The Bertz CT molecular complexity index is 1530. The van der Waals surface area contributed by atoms with Gasteiger partial charge in [0.2, 0.25) is 0 Å². The number of nitrogens with one attached hydrogen (secondary N) is 2. The molecule has 0 radical (unpaired) electrons. The summed E-state index contributed by atoms with van der Waals surface area (Å²) in [6, 6.07) is 29.0. The molecule has 4 aromatic rings. The fraction of sp³-hybridized carbons (Fsp3) is 0.182. The van der Waals surface area contributed by atoms with E-state index in [1.165, 1.54) is 0 Å². The van der Waals surface area contributed by atoms with E-state index in [0.29, 0.717) is 46.6 Å². The average Bonchev–Trinajstić information content (AvgIpc) is 3.01. The van der Waals surface area contributed by atoms with Crippen molar-refractivity contribution in [1.82, 2.24) is 10.2 Å². The molecule has 4 aromatic carbocycles. The SMILES string of the molecule is O=C(O)CCNC(=O)c1ccc(CN(CCc2ccc(Cl)c(Cl)c2)C(=O)Nc2ccc(OCc3ccccc3)cc2)cc1. The number of carbonyl (C=O) groups excluding carboxylic acids is 2. The maximum Gasteiger partial charge on any atom is 0.322 e. The van der Waals surface area contributed by atoms with Gasteiger partial charge in [-0.05, 0) is 71.6 Å². The predicted molar refractivity (Wildman–Crippen MR) is 168 cm³/mol. The van der Waals surface area contributed by atoms with Gasteiger partial charge >= 0.3 is 12.0 Å². The molecular weight excluding hydrogens is 589 g/mol. The molecule has 8 nitrogen and oxygen atoms in total. The number of anilines is 1. The first-order valence-corrected chi connectivity index (χ1v) is 14.4. The third-order valence-electron chi connectivity index (χ3n) is 6.51. The standard InChI is InChI=1S/C33H31Cl2N3O5/c34-29-15-8-23(20-30(29)35)17-19-38(21-24-6-9-26(10-7-24)32(41)36-18-16-31(39)40)33(42)37-27-11-13-28(14-12-27)43-22-25-4-2-1-3-5-25/h1-15,20H,16-19,21-22H2,(H,36,41)(H,37,42)(H,39,40). The van der Waals surface area contributed by atoms with Gasteiger partial charge in [0.1, 0.15) is 12.4 Å². The molecule has 0 atom stereocenters. The third-order valence-corrected chi connectivity index (χ3v) is 7.25. The Balaban J connectivity index is 1.41. The number of aliphatic carboxylic acids is 1. The van der Waals surface area contributed by atoms with Gasteiger partial charge < -0.3 is 25.4 Å². The highest BCUT2D eigenvalue weighted by Gasteiger charge is 2.16. The van der Waals surface area contributed by atoms with Gasteiger partial charge in [0.05, 0.1) is 16.5 Å². The fourth-order valence-electron chi connectivity index (χ4n) is 4.16. The molecular formula is C33H31Cl2N3O5. The molecule has 0 unspecified atom stereocenters. The van der Waals surface area contributed by atoms with E-state index in [1.54, 1.807) is 65.6 Å². The Morgan fingerprint density at radius 1 is 0.791 bits per heavy atom. The molecule has 0 aliphatic heterocycles.